The Bertz CT molecular complexity index is 826. The molecule has 140 valence electrons. The highest BCUT2D eigenvalue weighted by Crippen LogP contribution is 2.41. The van der Waals surface area contributed by atoms with E-state index >= 15 is 0 Å². The van der Waals surface area contributed by atoms with E-state index < -0.39 is 52.9 Å². The van der Waals surface area contributed by atoms with E-state index in [1.54, 1.807) is 0 Å². The smallest absolute Gasteiger partial charge is 0.323 e. The first kappa shape index (κ1) is 19.8. The molecule has 26 heavy (non-hydrogen) atoms. The van der Waals surface area contributed by atoms with Crippen LogP contribution in [-0.4, -0.2) is 23.3 Å². The first-order valence-electron chi connectivity index (χ1n) is 6.78. The molecule has 1 aromatic carbocycles. The lowest BCUT2D eigenvalue weighted by molar-refractivity contribution is -0.136. The number of carbonyl (C=O) groups is 1. The molecule has 1 aliphatic heterocycles. The quantitative estimate of drug-likeness (QED) is 0.568. The fourth-order valence-corrected chi connectivity index (χ4v) is 2.34. The molecule has 1 amide bonds. The number of rotatable bonds is 2. The Morgan fingerprint density at radius 2 is 1.92 bits per heavy atom. The van der Waals surface area contributed by atoms with E-state index in [4.69, 9.17) is 18.2 Å². The van der Waals surface area contributed by atoms with Crippen LogP contribution in [0.15, 0.2) is 17.2 Å². The third-order valence-corrected chi connectivity index (χ3v) is 3.86. The summed E-state index contributed by atoms with van der Waals surface area (Å²) in [7, 11) is 0. The van der Waals surface area contributed by atoms with Crippen molar-refractivity contribution in [3.8, 4) is 0 Å². The number of carbonyl (C=O) groups excluding carboxylic acids is 1. The fourth-order valence-electron chi connectivity index (χ4n) is 2.14. The van der Waals surface area contributed by atoms with Crippen molar-refractivity contribution >= 4 is 34.6 Å². The van der Waals surface area contributed by atoms with Crippen molar-refractivity contribution in [1.29, 1.82) is 0 Å². The minimum Gasteiger partial charge on any atom is -0.323 e. The standard InChI is InChI=1S/C14H9ClF6N4O/c1-12(5-10(24-25-12)14(19,20)21)11(26)23-9-3-6(13(16,17)18)8(22-2)4-7(9)15/h3-4,25H,5H2,1H3,(H,23,26). The Hall–Kier alpha value is -2.48. The predicted octanol–water partition coefficient (Wildman–Crippen LogP) is 4.52. The maximum Gasteiger partial charge on any atom is 0.431 e. The Morgan fingerprint density at radius 3 is 2.38 bits per heavy atom. The molecule has 2 N–H and O–H groups in total. The molecule has 2 rings (SSSR count). The molecule has 5 nitrogen and oxygen atoms in total. The molecular formula is C14H9ClF6N4O. The van der Waals surface area contributed by atoms with Crippen LogP contribution in [0, 0.1) is 6.57 Å². The van der Waals surface area contributed by atoms with Crippen LogP contribution in [0.2, 0.25) is 5.02 Å². The molecular weight excluding hydrogens is 390 g/mol. The van der Waals surface area contributed by atoms with Crippen molar-refractivity contribution in [2.24, 2.45) is 5.10 Å². The van der Waals surface area contributed by atoms with Gasteiger partial charge in [0.05, 0.1) is 22.8 Å². The predicted molar refractivity (Wildman–Crippen MR) is 81.0 cm³/mol. The second kappa shape index (κ2) is 6.35. The van der Waals surface area contributed by atoms with Crippen molar-refractivity contribution in [2.45, 2.75) is 31.2 Å². The van der Waals surface area contributed by atoms with Crippen LogP contribution in [-0.2, 0) is 11.0 Å². The molecule has 1 heterocycles. The van der Waals surface area contributed by atoms with Crippen LogP contribution in [0.5, 0.6) is 0 Å². The van der Waals surface area contributed by atoms with Crippen LogP contribution in [0.4, 0.5) is 37.7 Å². The largest absolute Gasteiger partial charge is 0.431 e. The molecule has 0 aromatic heterocycles. The van der Waals surface area contributed by atoms with E-state index in [0.717, 1.165) is 13.0 Å². The SMILES string of the molecule is [C-]#[N+]c1cc(Cl)c(NC(=O)C2(C)CC(C(F)(F)F)=NN2)cc1C(F)(F)F. The monoisotopic (exact) mass is 398 g/mol. The molecule has 1 aromatic rings. The number of hydrogen-bond donors (Lipinski definition) is 2. The molecule has 1 aliphatic rings. The van der Waals surface area contributed by atoms with E-state index in [2.05, 4.69) is 15.3 Å². The number of halogens is 7. The summed E-state index contributed by atoms with van der Waals surface area (Å²) in [6.07, 6.45) is -10.4. The summed E-state index contributed by atoms with van der Waals surface area (Å²) in [6, 6.07) is 1.17. The zero-order valence-corrected chi connectivity index (χ0v) is 13.6. The molecule has 1 unspecified atom stereocenters. The number of anilines is 1. The highest BCUT2D eigenvalue weighted by molar-refractivity contribution is 6.34. The van der Waals surface area contributed by atoms with Crippen molar-refractivity contribution in [3.63, 3.8) is 0 Å². The minimum atomic E-state index is -4.88. The van der Waals surface area contributed by atoms with Gasteiger partial charge in [-0.05, 0) is 19.1 Å². The Kier molecular flexibility index (Phi) is 4.85. The van der Waals surface area contributed by atoms with Gasteiger partial charge in [0.25, 0.3) is 5.91 Å². The maximum absolute atomic E-state index is 13.0. The van der Waals surface area contributed by atoms with Gasteiger partial charge in [-0.1, -0.05) is 11.6 Å². The molecule has 0 spiro atoms. The summed E-state index contributed by atoms with van der Waals surface area (Å²) in [5, 5.41) is 4.74. The fraction of sp³-hybridized carbons (Fsp3) is 0.357. The average molecular weight is 399 g/mol. The van der Waals surface area contributed by atoms with Crippen LogP contribution >= 0.6 is 11.6 Å². The van der Waals surface area contributed by atoms with Crippen LogP contribution in [0.1, 0.15) is 18.9 Å². The molecule has 0 aliphatic carbocycles. The average Bonchev–Trinajstić information content (AvgIpc) is 2.91. The number of amides is 1. The van der Waals surface area contributed by atoms with Gasteiger partial charge in [0.2, 0.25) is 5.69 Å². The maximum atomic E-state index is 13.0. The summed E-state index contributed by atoms with van der Waals surface area (Å²) >= 11 is 5.77. The van der Waals surface area contributed by atoms with E-state index in [1.165, 1.54) is 0 Å². The van der Waals surface area contributed by atoms with Gasteiger partial charge >= 0.3 is 12.4 Å². The van der Waals surface area contributed by atoms with Gasteiger partial charge in [0.1, 0.15) is 11.3 Å². The number of hydrazone groups is 1. The number of hydrogen-bond acceptors (Lipinski definition) is 3. The molecule has 0 bridgehead atoms. The third-order valence-electron chi connectivity index (χ3n) is 3.55. The minimum absolute atomic E-state index is 0.365. The summed E-state index contributed by atoms with van der Waals surface area (Å²) < 4.78 is 76.9. The van der Waals surface area contributed by atoms with Gasteiger partial charge in [-0.2, -0.15) is 31.4 Å². The van der Waals surface area contributed by atoms with E-state index in [0.29, 0.717) is 6.07 Å². The van der Waals surface area contributed by atoms with Gasteiger partial charge in [-0.3, -0.25) is 10.2 Å². The number of nitrogens with zero attached hydrogens (tertiary/aromatic N) is 2. The Labute approximate surface area is 147 Å². The van der Waals surface area contributed by atoms with Crippen molar-refractivity contribution < 1.29 is 31.1 Å². The highest BCUT2D eigenvalue weighted by atomic mass is 35.5. The van der Waals surface area contributed by atoms with Gasteiger partial charge in [-0.15, -0.1) is 0 Å². The van der Waals surface area contributed by atoms with Crippen molar-refractivity contribution in [3.05, 3.63) is 34.1 Å². The van der Waals surface area contributed by atoms with E-state index in [9.17, 15) is 31.1 Å². The second-order valence-corrected chi connectivity index (χ2v) is 6.00. The van der Waals surface area contributed by atoms with Gasteiger partial charge in [-0.25, -0.2) is 4.85 Å². The zero-order chi connectivity index (χ0) is 19.9. The highest BCUT2D eigenvalue weighted by Gasteiger charge is 2.48. The number of nitrogens with one attached hydrogen (secondary N) is 2. The summed E-state index contributed by atoms with van der Waals surface area (Å²) in [4.78, 5) is 15.0. The zero-order valence-electron chi connectivity index (χ0n) is 12.8. The van der Waals surface area contributed by atoms with E-state index in [-0.39, 0.29) is 5.02 Å². The first-order chi connectivity index (χ1) is 11.8. The number of alkyl halides is 6. The number of benzene rings is 1. The molecule has 12 heteroatoms. The summed E-state index contributed by atoms with van der Waals surface area (Å²) in [6.45, 7) is 7.88. The molecule has 0 saturated heterocycles. The topological polar surface area (TPSA) is 57.9 Å². The molecule has 0 radical (unpaired) electrons. The lowest BCUT2D eigenvalue weighted by Gasteiger charge is -2.23. The molecule has 0 fully saturated rings. The van der Waals surface area contributed by atoms with Crippen molar-refractivity contribution in [1.82, 2.24) is 5.43 Å². The Balaban J connectivity index is 2.29. The van der Waals surface area contributed by atoms with Gasteiger partial charge < -0.3 is 5.32 Å². The second-order valence-electron chi connectivity index (χ2n) is 5.59. The third kappa shape index (κ3) is 3.85. The lowest BCUT2D eigenvalue weighted by Crippen LogP contribution is -2.48. The molecule has 0 saturated carbocycles. The van der Waals surface area contributed by atoms with Crippen LogP contribution in [0.3, 0.4) is 0 Å². The summed E-state index contributed by atoms with van der Waals surface area (Å²) in [5.74, 6) is -1.06. The lowest BCUT2D eigenvalue weighted by atomic mass is 9.95. The first-order valence-corrected chi connectivity index (χ1v) is 7.16. The Morgan fingerprint density at radius 1 is 1.31 bits per heavy atom. The van der Waals surface area contributed by atoms with Crippen LogP contribution in [0.25, 0.3) is 4.85 Å². The van der Waals surface area contributed by atoms with E-state index in [1.807, 2.05) is 5.43 Å². The van der Waals surface area contributed by atoms with Gasteiger partial charge in [0.15, 0.2) is 0 Å². The van der Waals surface area contributed by atoms with Crippen molar-refractivity contribution in [2.75, 3.05) is 5.32 Å². The van der Waals surface area contributed by atoms with Crippen LogP contribution < -0.4 is 10.7 Å². The molecule has 1 atom stereocenters. The van der Waals surface area contributed by atoms with Gasteiger partial charge in [0, 0.05) is 6.42 Å². The summed E-state index contributed by atoms with van der Waals surface area (Å²) in [5.41, 5.74) is -3.60. The normalized spacial score (nSPS) is 20.2.